The molecule has 0 fully saturated rings. The molecular weight excluding hydrogens is 370 g/mol. The standard InChI is InChI=1S/C21H21N5OS/c22-20(27)21-26-25-19(28-21)9-5-4-8-17-13-16-11-15(12-18(16)24-23-17)10-14-6-2-1-3-7-14/h1-3,6-7,11,13H,4-5,8-10,12H2,(H2,22,27). The topological polar surface area (TPSA) is 94.7 Å². The van der Waals surface area contributed by atoms with Crippen LogP contribution in [-0.2, 0) is 25.7 Å². The highest BCUT2D eigenvalue weighted by Gasteiger charge is 2.16. The van der Waals surface area contributed by atoms with E-state index in [1.165, 1.54) is 28.0 Å². The molecule has 0 unspecified atom stereocenters. The molecule has 0 bridgehead atoms. The van der Waals surface area contributed by atoms with Crippen molar-refractivity contribution >= 4 is 23.3 Å². The summed E-state index contributed by atoms with van der Waals surface area (Å²) in [5, 5.41) is 17.8. The molecule has 6 nitrogen and oxygen atoms in total. The monoisotopic (exact) mass is 391 g/mol. The summed E-state index contributed by atoms with van der Waals surface area (Å²) in [5.74, 6) is -0.517. The first-order valence-corrected chi connectivity index (χ1v) is 10.2. The lowest BCUT2D eigenvalue weighted by atomic mass is 10.0. The Balaban J connectivity index is 1.30. The molecule has 0 spiro atoms. The van der Waals surface area contributed by atoms with E-state index in [1.807, 2.05) is 6.07 Å². The number of carbonyl (C=O) groups excluding carboxylic acids is 1. The zero-order valence-electron chi connectivity index (χ0n) is 15.5. The highest BCUT2D eigenvalue weighted by molar-refractivity contribution is 7.13. The second-order valence-electron chi connectivity index (χ2n) is 6.95. The fourth-order valence-corrected chi connectivity index (χ4v) is 4.09. The Kier molecular flexibility index (Phi) is 5.53. The van der Waals surface area contributed by atoms with E-state index in [9.17, 15) is 4.79 Å². The molecule has 0 saturated carbocycles. The van der Waals surface area contributed by atoms with Crippen molar-refractivity contribution < 1.29 is 4.79 Å². The Morgan fingerprint density at radius 2 is 1.86 bits per heavy atom. The molecule has 3 aromatic rings. The Hall–Kier alpha value is -2.93. The van der Waals surface area contributed by atoms with Gasteiger partial charge in [0.15, 0.2) is 0 Å². The van der Waals surface area contributed by atoms with Gasteiger partial charge in [-0.05, 0) is 42.9 Å². The van der Waals surface area contributed by atoms with Gasteiger partial charge in [-0.1, -0.05) is 53.3 Å². The summed E-state index contributed by atoms with van der Waals surface area (Å²) in [6.07, 6.45) is 7.72. The summed E-state index contributed by atoms with van der Waals surface area (Å²) in [6.45, 7) is 0. The van der Waals surface area contributed by atoms with Gasteiger partial charge in [-0.25, -0.2) is 0 Å². The third-order valence-electron chi connectivity index (χ3n) is 4.73. The Labute approximate surface area is 167 Å². The maximum absolute atomic E-state index is 11.1. The van der Waals surface area contributed by atoms with Crippen molar-refractivity contribution in [2.75, 3.05) is 0 Å². The van der Waals surface area contributed by atoms with Gasteiger partial charge in [0.2, 0.25) is 5.01 Å². The maximum atomic E-state index is 11.1. The molecule has 28 heavy (non-hydrogen) atoms. The highest BCUT2D eigenvalue weighted by atomic mass is 32.1. The number of rotatable bonds is 8. The van der Waals surface area contributed by atoms with Gasteiger partial charge in [-0.3, -0.25) is 4.79 Å². The number of fused-ring (bicyclic) bond motifs is 1. The molecule has 2 N–H and O–H groups in total. The second kappa shape index (κ2) is 8.39. The van der Waals surface area contributed by atoms with Gasteiger partial charge in [0.05, 0.1) is 11.4 Å². The van der Waals surface area contributed by atoms with Crippen LogP contribution < -0.4 is 5.73 Å². The molecule has 4 rings (SSSR count). The zero-order chi connectivity index (χ0) is 19.3. The van der Waals surface area contributed by atoms with Crippen LogP contribution in [0.3, 0.4) is 0 Å². The molecule has 0 saturated heterocycles. The minimum Gasteiger partial charge on any atom is -0.363 e. The molecule has 0 radical (unpaired) electrons. The quantitative estimate of drug-likeness (QED) is 0.595. The van der Waals surface area contributed by atoms with Crippen LogP contribution in [0.5, 0.6) is 0 Å². The number of benzene rings is 1. The van der Waals surface area contributed by atoms with Crippen LogP contribution in [0.25, 0.3) is 6.08 Å². The molecule has 2 heterocycles. The van der Waals surface area contributed by atoms with Crippen molar-refractivity contribution in [3.05, 3.63) is 74.5 Å². The maximum Gasteiger partial charge on any atom is 0.279 e. The Morgan fingerprint density at radius 3 is 2.64 bits per heavy atom. The van der Waals surface area contributed by atoms with E-state index in [0.29, 0.717) is 0 Å². The molecule has 7 heteroatoms. The fraction of sp³-hybridized carbons (Fsp3) is 0.286. The van der Waals surface area contributed by atoms with Gasteiger partial charge >= 0.3 is 0 Å². The lowest BCUT2D eigenvalue weighted by Crippen LogP contribution is -2.10. The number of amides is 1. The third-order valence-corrected chi connectivity index (χ3v) is 5.73. The van der Waals surface area contributed by atoms with Crippen molar-refractivity contribution in [3.63, 3.8) is 0 Å². The Bertz CT molecular complexity index is 1010. The fourth-order valence-electron chi connectivity index (χ4n) is 3.35. The normalized spacial score (nSPS) is 12.6. The minimum absolute atomic E-state index is 0.276. The van der Waals surface area contributed by atoms with Gasteiger partial charge in [0.1, 0.15) is 5.01 Å². The van der Waals surface area contributed by atoms with Crippen LogP contribution in [0.1, 0.15) is 50.2 Å². The van der Waals surface area contributed by atoms with Crippen LogP contribution in [0, 0.1) is 0 Å². The van der Waals surface area contributed by atoms with Crippen LogP contribution in [0.4, 0.5) is 0 Å². The summed E-state index contributed by atoms with van der Waals surface area (Å²) >= 11 is 1.27. The van der Waals surface area contributed by atoms with Crippen molar-refractivity contribution in [3.8, 4) is 0 Å². The molecule has 0 atom stereocenters. The second-order valence-corrected chi connectivity index (χ2v) is 8.01. The van der Waals surface area contributed by atoms with Gasteiger partial charge in [0.25, 0.3) is 5.91 Å². The van der Waals surface area contributed by atoms with E-state index in [4.69, 9.17) is 5.73 Å². The summed E-state index contributed by atoms with van der Waals surface area (Å²) in [5.41, 5.74) is 11.2. The van der Waals surface area contributed by atoms with E-state index in [0.717, 1.165) is 54.9 Å². The number of primary amides is 1. The predicted octanol–water partition coefficient (Wildman–Crippen LogP) is 3.17. The van der Waals surface area contributed by atoms with E-state index >= 15 is 0 Å². The van der Waals surface area contributed by atoms with Gasteiger partial charge < -0.3 is 5.73 Å². The Morgan fingerprint density at radius 1 is 1.04 bits per heavy atom. The van der Waals surface area contributed by atoms with Crippen molar-refractivity contribution in [2.45, 2.75) is 38.5 Å². The molecule has 1 aliphatic rings. The first-order valence-electron chi connectivity index (χ1n) is 9.38. The molecule has 1 amide bonds. The predicted molar refractivity (Wildman–Crippen MR) is 109 cm³/mol. The number of unbranched alkanes of at least 4 members (excludes halogenated alkanes) is 1. The summed E-state index contributed by atoms with van der Waals surface area (Å²) in [7, 11) is 0. The van der Waals surface area contributed by atoms with Crippen molar-refractivity contribution in [2.24, 2.45) is 5.73 Å². The highest BCUT2D eigenvalue weighted by Crippen LogP contribution is 2.26. The summed E-state index contributed by atoms with van der Waals surface area (Å²) < 4.78 is 0. The smallest absolute Gasteiger partial charge is 0.279 e. The average molecular weight is 392 g/mol. The number of nitrogens with two attached hydrogens (primary N) is 1. The van der Waals surface area contributed by atoms with Crippen LogP contribution in [-0.4, -0.2) is 26.3 Å². The van der Waals surface area contributed by atoms with Gasteiger partial charge in [-0.2, -0.15) is 10.2 Å². The lowest BCUT2D eigenvalue weighted by molar-refractivity contribution is 0.0999. The van der Waals surface area contributed by atoms with Gasteiger partial charge in [-0.15, -0.1) is 10.2 Å². The van der Waals surface area contributed by atoms with Crippen LogP contribution in [0.2, 0.25) is 0 Å². The summed E-state index contributed by atoms with van der Waals surface area (Å²) in [6, 6.07) is 12.7. The minimum atomic E-state index is -0.517. The number of nitrogens with zero attached hydrogens (tertiary/aromatic N) is 4. The lowest BCUT2D eigenvalue weighted by Gasteiger charge is -2.02. The first-order chi connectivity index (χ1) is 13.7. The number of aryl methyl sites for hydroxylation is 2. The van der Waals surface area contributed by atoms with E-state index in [2.05, 4.69) is 56.8 Å². The van der Waals surface area contributed by atoms with Crippen molar-refractivity contribution in [1.29, 1.82) is 0 Å². The largest absolute Gasteiger partial charge is 0.363 e. The van der Waals surface area contributed by atoms with E-state index in [1.54, 1.807) is 0 Å². The molecule has 1 aromatic carbocycles. The summed E-state index contributed by atoms with van der Waals surface area (Å²) in [4.78, 5) is 11.1. The number of allylic oxidation sites excluding steroid dienone is 1. The van der Waals surface area contributed by atoms with E-state index < -0.39 is 5.91 Å². The van der Waals surface area contributed by atoms with Gasteiger partial charge in [0, 0.05) is 12.8 Å². The van der Waals surface area contributed by atoms with Crippen LogP contribution >= 0.6 is 11.3 Å². The van der Waals surface area contributed by atoms with Crippen molar-refractivity contribution in [1.82, 2.24) is 20.4 Å². The number of hydrogen-bond donors (Lipinski definition) is 1. The average Bonchev–Trinajstić information content (AvgIpc) is 3.32. The zero-order valence-corrected chi connectivity index (χ0v) is 16.3. The number of carbonyl (C=O) groups is 1. The third kappa shape index (κ3) is 4.48. The van der Waals surface area contributed by atoms with E-state index in [-0.39, 0.29) is 5.01 Å². The molecule has 0 aliphatic heterocycles. The van der Waals surface area contributed by atoms with Crippen LogP contribution in [0.15, 0.2) is 42.0 Å². The first kappa shape index (κ1) is 18.4. The number of hydrogen-bond acceptors (Lipinski definition) is 6. The molecule has 1 aliphatic carbocycles. The molecule has 142 valence electrons. The number of aromatic nitrogens is 4. The molecular formula is C21H21N5OS. The SMILES string of the molecule is NC(=O)c1nnc(CCCCc2cc3c(nn2)CC(Cc2ccccc2)=C3)s1. The molecule has 2 aromatic heterocycles.